The molecule has 0 bridgehead atoms. The Balaban J connectivity index is 1.99. The van der Waals surface area contributed by atoms with Gasteiger partial charge in [0.1, 0.15) is 17.9 Å². The molecule has 11 nitrogen and oxygen atoms in total. The Kier molecular flexibility index (Phi) is 5.87. The van der Waals surface area contributed by atoms with Gasteiger partial charge in [0.15, 0.2) is 38.2 Å². The lowest BCUT2D eigenvalue weighted by molar-refractivity contribution is -0.165. The summed E-state index contributed by atoms with van der Waals surface area (Å²) < 4.78 is 24.7. The largest absolute Gasteiger partial charge is 0.456 e. The Bertz CT molecular complexity index is 913. The molecule has 2 aromatic rings. The van der Waals surface area contributed by atoms with Crippen molar-refractivity contribution in [2.45, 2.75) is 58.0 Å². The fourth-order valence-corrected chi connectivity index (χ4v) is 3.77. The third-order valence-electron chi connectivity index (χ3n) is 4.23. The zero-order chi connectivity index (χ0) is 21.3. The third-order valence-corrected chi connectivity index (χ3v) is 5.26. The number of rotatable bonds is 6. The second-order valence-corrected chi connectivity index (χ2v) is 12.2. The van der Waals surface area contributed by atoms with Crippen molar-refractivity contribution < 1.29 is 28.2 Å². The standard InChI is InChI=1S/C17H25N5O6Si/c1-9(23)26-13-11(6-25-29(3,4)5)28-17(14(13)27-10(2)24)22-8-21-12-15(18)19-7-20-16(12)22/h7-8,11,13-14,17H,6H2,1-5H3,(H2,18,19,20). The first-order valence-electron chi connectivity index (χ1n) is 9.13. The summed E-state index contributed by atoms with van der Waals surface area (Å²) in [6, 6.07) is 0. The van der Waals surface area contributed by atoms with Gasteiger partial charge in [0, 0.05) is 13.8 Å². The van der Waals surface area contributed by atoms with Gasteiger partial charge in [0.25, 0.3) is 0 Å². The molecule has 0 aliphatic carbocycles. The minimum absolute atomic E-state index is 0.186. The van der Waals surface area contributed by atoms with Gasteiger partial charge in [-0.25, -0.2) is 15.0 Å². The zero-order valence-electron chi connectivity index (χ0n) is 17.0. The van der Waals surface area contributed by atoms with Crippen LogP contribution in [0.4, 0.5) is 5.82 Å². The maximum absolute atomic E-state index is 11.8. The Morgan fingerprint density at radius 1 is 1.14 bits per heavy atom. The number of anilines is 1. The first-order valence-corrected chi connectivity index (χ1v) is 12.5. The minimum atomic E-state index is -1.87. The van der Waals surface area contributed by atoms with E-state index in [9.17, 15) is 9.59 Å². The summed E-state index contributed by atoms with van der Waals surface area (Å²) in [5, 5.41) is 0. The van der Waals surface area contributed by atoms with E-state index in [2.05, 4.69) is 15.0 Å². The minimum Gasteiger partial charge on any atom is -0.456 e. The Morgan fingerprint density at radius 2 is 1.79 bits per heavy atom. The second kappa shape index (κ2) is 8.04. The second-order valence-electron chi connectivity index (χ2n) is 7.72. The van der Waals surface area contributed by atoms with Crippen LogP contribution in [0, 0.1) is 0 Å². The SMILES string of the molecule is CC(=O)OC1C(CO[Si](C)(C)C)OC(n2cnc3c(N)ncnc32)C1OC(C)=O. The lowest BCUT2D eigenvalue weighted by Crippen LogP contribution is -2.42. The van der Waals surface area contributed by atoms with E-state index in [-0.39, 0.29) is 12.4 Å². The average Bonchev–Trinajstić information content (AvgIpc) is 3.15. The number of aromatic nitrogens is 4. The maximum atomic E-state index is 11.8. The highest BCUT2D eigenvalue weighted by Crippen LogP contribution is 2.36. The van der Waals surface area contributed by atoms with Gasteiger partial charge in [-0.1, -0.05) is 0 Å². The molecular weight excluding hydrogens is 398 g/mol. The molecule has 12 heteroatoms. The quantitative estimate of drug-likeness (QED) is 0.529. The molecule has 29 heavy (non-hydrogen) atoms. The van der Waals surface area contributed by atoms with Crippen molar-refractivity contribution in [1.29, 1.82) is 0 Å². The molecule has 1 saturated heterocycles. The molecule has 0 aromatic carbocycles. The third kappa shape index (κ3) is 4.71. The molecular formula is C17H25N5O6Si. The molecule has 0 spiro atoms. The van der Waals surface area contributed by atoms with E-state index in [0.717, 1.165) is 0 Å². The normalized spacial score (nSPS) is 24.6. The molecule has 0 saturated carbocycles. The summed E-state index contributed by atoms with van der Waals surface area (Å²) in [4.78, 5) is 35.9. The van der Waals surface area contributed by atoms with E-state index in [1.54, 1.807) is 4.57 Å². The van der Waals surface area contributed by atoms with Gasteiger partial charge in [-0.2, -0.15) is 0 Å². The summed E-state index contributed by atoms with van der Waals surface area (Å²) in [5.74, 6) is -0.839. The highest BCUT2D eigenvalue weighted by atomic mass is 28.4. The van der Waals surface area contributed by atoms with Gasteiger partial charge >= 0.3 is 11.9 Å². The Morgan fingerprint density at radius 3 is 2.41 bits per heavy atom. The van der Waals surface area contributed by atoms with Crippen molar-refractivity contribution in [1.82, 2.24) is 19.5 Å². The number of hydrogen-bond donors (Lipinski definition) is 1. The van der Waals surface area contributed by atoms with Gasteiger partial charge in [-0.15, -0.1) is 0 Å². The highest BCUT2D eigenvalue weighted by molar-refractivity contribution is 6.69. The monoisotopic (exact) mass is 423 g/mol. The molecule has 2 N–H and O–H groups in total. The molecule has 4 atom stereocenters. The van der Waals surface area contributed by atoms with Gasteiger partial charge in [-0.05, 0) is 19.6 Å². The number of nitrogens with two attached hydrogens (primary N) is 1. The van der Waals surface area contributed by atoms with E-state index >= 15 is 0 Å². The van der Waals surface area contributed by atoms with Crippen molar-refractivity contribution in [3.8, 4) is 0 Å². The van der Waals surface area contributed by atoms with Crippen LogP contribution in [0.5, 0.6) is 0 Å². The number of carbonyl (C=O) groups is 2. The molecule has 158 valence electrons. The van der Waals surface area contributed by atoms with E-state index in [1.807, 2.05) is 19.6 Å². The summed E-state index contributed by atoms with van der Waals surface area (Å²) in [5.41, 5.74) is 6.66. The van der Waals surface area contributed by atoms with Crippen LogP contribution in [0.15, 0.2) is 12.7 Å². The first-order chi connectivity index (χ1) is 13.6. The number of hydrogen-bond acceptors (Lipinski definition) is 10. The van der Waals surface area contributed by atoms with Gasteiger partial charge in [0.2, 0.25) is 0 Å². The van der Waals surface area contributed by atoms with E-state index in [0.29, 0.717) is 11.2 Å². The molecule has 1 aliphatic heterocycles. The predicted octanol–water partition coefficient (Wildman–Crippen LogP) is 1.02. The van der Waals surface area contributed by atoms with Crippen molar-refractivity contribution >= 4 is 37.2 Å². The molecule has 2 aromatic heterocycles. The highest BCUT2D eigenvalue weighted by Gasteiger charge is 2.50. The molecule has 0 amide bonds. The number of fused-ring (bicyclic) bond motifs is 1. The number of carbonyl (C=O) groups excluding carboxylic acids is 2. The summed E-state index contributed by atoms with van der Waals surface area (Å²) in [7, 11) is -1.87. The van der Waals surface area contributed by atoms with Crippen molar-refractivity contribution in [2.75, 3.05) is 12.3 Å². The summed E-state index contributed by atoms with van der Waals surface area (Å²) in [6.07, 6.45) is -0.464. The van der Waals surface area contributed by atoms with Crippen LogP contribution in [-0.4, -0.2) is 64.7 Å². The molecule has 1 fully saturated rings. The van der Waals surface area contributed by atoms with Crippen LogP contribution in [0.1, 0.15) is 20.1 Å². The van der Waals surface area contributed by atoms with E-state index < -0.39 is 44.8 Å². The number of ether oxygens (including phenoxy) is 3. The van der Waals surface area contributed by atoms with Crippen LogP contribution >= 0.6 is 0 Å². The van der Waals surface area contributed by atoms with Crippen LogP contribution < -0.4 is 5.73 Å². The smallest absolute Gasteiger partial charge is 0.303 e. The van der Waals surface area contributed by atoms with Crippen LogP contribution in [-0.2, 0) is 28.2 Å². The molecule has 3 heterocycles. The van der Waals surface area contributed by atoms with Gasteiger partial charge in [-0.3, -0.25) is 14.2 Å². The lowest BCUT2D eigenvalue weighted by atomic mass is 10.1. The zero-order valence-corrected chi connectivity index (χ0v) is 18.0. The number of nitrogens with zero attached hydrogens (tertiary/aromatic N) is 4. The molecule has 0 radical (unpaired) electrons. The topological polar surface area (TPSA) is 141 Å². The summed E-state index contributed by atoms with van der Waals surface area (Å²) in [6.45, 7) is 8.85. The van der Waals surface area contributed by atoms with Crippen LogP contribution in [0.3, 0.4) is 0 Å². The molecule has 4 unspecified atom stereocenters. The molecule has 3 rings (SSSR count). The fourth-order valence-electron chi connectivity index (χ4n) is 3.11. The average molecular weight is 424 g/mol. The van der Waals surface area contributed by atoms with Crippen LogP contribution in [0.25, 0.3) is 11.2 Å². The van der Waals surface area contributed by atoms with Crippen LogP contribution in [0.2, 0.25) is 19.6 Å². The van der Waals surface area contributed by atoms with Crippen molar-refractivity contribution in [3.05, 3.63) is 12.7 Å². The number of esters is 2. The fraction of sp³-hybridized carbons (Fsp3) is 0.588. The van der Waals surface area contributed by atoms with Gasteiger partial charge < -0.3 is 24.4 Å². The van der Waals surface area contributed by atoms with E-state index in [1.165, 1.54) is 26.5 Å². The number of imidazole rings is 1. The number of nitrogen functional groups attached to an aromatic ring is 1. The Hall–Kier alpha value is -2.57. The molecule has 1 aliphatic rings. The van der Waals surface area contributed by atoms with Gasteiger partial charge in [0.05, 0.1) is 12.9 Å². The summed E-state index contributed by atoms with van der Waals surface area (Å²) >= 11 is 0. The maximum Gasteiger partial charge on any atom is 0.303 e. The van der Waals surface area contributed by atoms with Crippen molar-refractivity contribution in [2.24, 2.45) is 0 Å². The van der Waals surface area contributed by atoms with E-state index in [4.69, 9.17) is 24.4 Å². The lowest BCUT2D eigenvalue weighted by Gasteiger charge is -2.25. The van der Waals surface area contributed by atoms with Crippen molar-refractivity contribution in [3.63, 3.8) is 0 Å². The first kappa shape index (κ1) is 21.1. The Labute approximate surface area is 168 Å². The predicted molar refractivity (Wildman–Crippen MR) is 104 cm³/mol.